The molecule has 2 N–H and O–H groups in total. The lowest BCUT2D eigenvalue weighted by Gasteiger charge is -2.06. The van der Waals surface area contributed by atoms with E-state index in [1.54, 1.807) is 0 Å². The standard InChI is InChI=1S/C13H19N3O/c1-10-2-5-12(16-8-10)9-14-6-7-15-13(17)11-3-4-11/h2,5,8,11,14H,3-4,6-7,9H2,1H3,(H,15,17). The van der Waals surface area contributed by atoms with Gasteiger partial charge in [0.2, 0.25) is 5.91 Å². The number of carbonyl (C=O) groups excluding carboxylic acids is 1. The van der Waals surface area contributed by atoms with Crippen LogP contribution in [0, 0.1) is 12.8 Å². The molecule has 1 aromatic heterocycles. The molecule has 2 rings (SSSR count). The second kappa shape index (κ2) is 5.77. The maximum atomic E-state index is 11.3. The summed E-state index contributed by atoms with van der Waals surface area (Å²) in [4.78, 5) is 15.6. The van der Waals surface area contributed by atoms with Crippen molar-refractivity contribution in [1.29, 1.82) is 0 Å². The molecule has 0 bridgehead atoms. The van der Waals surface area contributed by atoms with E-state index in [4.69, 9.17) is 0 Å². The number of hydrogen-bond donors (Lipinski definition) is 2. The van der Waals surface area contributed by atoms with Gasteiger partial charge in [-0.2, -0.15) is 0 Å². The van der Waals surface area contributed by atoms with Crippen LogP contribution in [0.4, 0.5) is 0 Å². The molecule has 1 aliphatic carbocycles. The number of hydrogen-bond acceptors (Lipinski definition) is 3. The van der Waals surface area contributed by atoms with Crippen LogP contribution < -0.4 is 10.6 Å². The van der Waals surface area contributed by atoms with E-state index in [0.717, 1.165) is 31.6 Å². The Morgan fingerprint density at radius 1 is 1.41 bits per heavy atom. The van der Waals surface area contributed by atoms with Gasteiger partial charge in [-0.05, 0) is 31.4 Å². The number of amides is 1. The van der Waals surface area contributed by atoms with Crippen molar-refractivity contribution in [2.45, 2.75) is 26.3 Å². The zero-order valence-corrected chi connectivity index (χ0v) is 10.2. The van der Waals surface area contributed by atoms with Gasteiger partial charge in [0, 0.05) is 31.7 Å². The van der Waals surface area contributed by atoms with E-state index >= 15 is 0 Å². The molecule has 4 heteroatoms. The Morgan fingerprint density at radius 3 is 2.88 bits per heavy atom. The fourth-order valence-corrected chi connectivity index (χ4v) is 1.58. The summed E-state index contributed by atoms with van der Waals surface area (Å²) in [5.74, 6) is 0.508. The van der Waals surface area contributed by atoms with Gasteiger partial charge in [-0.3, -0.25) is 9.78 Å². The molecule has 0 spiro atoms. The van der Waals surface area contributed by atoms with Crippen LogP contribution in [0.1, 0.15) is 24.1 Å². The van der Waals surface area contributed by atoms with E-state index < -0.39 is 0 Å². The molecule has 0 aliphatic heterocycles. The highest BCUT2D eigenvalue weighted by Crippen LogP contribution is 2.28. The van der Waals surface area contributed by atoms with Crippen molar-refractivity contribution in [3.8, 4) is 0 Å². The first-order valence-corrected chi connectivity index (χ1v) is 6.15. The third kappa shape index (κ3) is 4.15. The zero-order valence-electron chi connectivity index (χ0n) is 10.2. The van der Waals surface area contributed by atoms with Crippen molar-refractivity contribution in [2.24, 2.45) is 5.92 Å². The molecule has 0 saturated heterocycles. The van der Waals surface area contributed by atoms with Crippen molar-refractivity contribution in [1.82, 2.24) is 15.6 Å². The van der Waals surface area contributed by atoms with Gasteiger partial charge in [-0.15, -0.1) is 0 Å². The van der Waals surface area contributed by atoms with Crippen LogP contribution in [0.25, 0.3) is 0 Å². The van der Waals surface area contributed by atoms with Crippen molar-refractivity contribution in [2.75, 3.05) is 13.1 Å². The monoisotopic (exact) mass is 233 g/mol. The normalized spacial score (nSPS) is 14.6. The first kappa shape index (κ1) is 12.0. The predicted octanol–water partition coefficient (Wildman–Crippen LogP) is 1.01. The Bertz CT molecular complexity index is 371. The van der Waals surface area contributed by atoms with E-state index in [-0.39, 0.29) is 5.91 Å². The highest BCUT2D eigenvalue weighted by atomic mass is 16.2. The molecule has 1 heterocycles. The summed E-state index contributed by atoms with van der Waals surface area (Å²) < 4.78 is 0. The van der Waals surface area contributed by atoms with Gasteiger partial charge < -0.3 is 10.6 Å². The first-order valence-electron chi connectivity index (χ1n) is 6.15. The van der Waals surface area contributed by atoms with E-state index in [9.17, 15) is 4.79 Å². The molecule has 92 valence electrons. The minimum Gasteiger partial charge on any atom is -0.355 e. The van der Waals surface area contributed by atoms with Gasteiger partial charge in [0.05, 0.1) is 5.69 Å². The fraction of sp³-hybridized carbons (Fsp3) is 0.538. The van der Waals surface area contributed by atoms with Crippen LogP contribution in [-0.4, -0.2) is 24.0 Å². The summed E-state index contributed by atoms with van der Waals surface area (Å²) in [6.45, 7) is 4.26. The molecule has 0 unspecified atom stereocenters. The number of aromatic nitrogens is 1. The zero-order chi connectivity index (χ0) is 12.1. The number of carbonyl (C=O) groups is 1. The lowest BCUT2D eigenvalue weighted by Crippen LogP contribution is -2.32. The van der Waals surface area contributed by atoms with E-state index in [0.29, 0.717) is 12.5 Å². The quantitative estimate of drug-likeness (QED) is 0.721. The first-order chi connectivity index (χ1) is 8.25. The molecule has 1 amide bonds. The molecule has 1 saturated carbocycles. The highest BCUT2D eigenvalue weighted by Gasteiger charge is 2.28. The van der Waals surface area contributed by atoms with Crippen molar-refractivity contribution < 1.29 is 4.79 Å². The third-order valence-electron chi connectivity index (χ3n) is 2.83. The fourth-order valence-electron chi connectivity index (χ4n) is 1.58. The Balaban J connectivity index is 1.56. The maximum absolute atomic E-state index is 11.3. The molecule has 0 radical (unpaired) electrons. The second-order valence-corrected chi connectivity index (χ2v) is 4.57. The minimum absolute atomic E-state index is 0.209. The Labute approximate surface area is 102 Å². The summed E-state index contributed by atoms with van der Waals surface area (Å²) in [6, 6.07) is 4.07. The van der Waals surface area contributed by atoms with Crippen LogP contribution in [0.15, 0.2) is 18.3 Å². The molecule has 1 aliphatic rings. The van der Waals surface area contributed by atoms with E-state index in [2.05, 4.69) is 21.7 Å². The Kier molecular flexibility index (Phi) is 4.09. The molecule has 1 fully saturated rings. The Hall–Kier alpha value is -1.42. The number of nitrogens with one attached hydrogen (secondary N) is 2. The molecular formula is C13H19N3O. The smallest absolute Gasteiger partial charge is 0.223 e. The van der Waals surface area contributed by atoms with Gasteiger partial charge in [0.15, 0.2) is 0 Å². The van der Waals surface area contributed by atoms with Crippen molar-refractivity contribution >= 4 is 5.91 Å². The van der Waals surface area contributed by atoms with Gasteiger partial charge in [0.25, 0.3) is 0 Å². The molecule has 1 aromatic rings. The molecule has 0 atom stereocenters. The van der Waals surface area contributed by atoms with Crippen molar-refractivity contribution in [3.05, 3.63) is 29.6 Å². The SMILES string of the molecule is Cc1ccc(CNCCNC(=O)C2CC2)nc1. The van der Waals surface area contributed by atoms with Crippen LogP contribution in [0.3, 0.4) is 0 Å². The maximum Gasteiger partial charge on any atom is 0.223 e. The van der Waals surface area contributed by atoms with Gasteiger partial charge in [-0.1, -0.05) is 6.07 Å². The summed E-state index contributed by atoms with van der Waals surface area (Å²) in [6.07, 6.45) is 3.99. The molecule has 4 nitrogen and oxygen atoms in total. The van der Waals surface area contributed by atoms with Crippen molar-refractivity contribution in [3.63, 3.8) is 0 Å². The van der Waals surface area contributed by atoms with Crippen LogP contribution in [0.2, 0.25) is 0 Å². The molecule has 0 aromatic carbocycles. The van der Waals surface area contributed by atoms with Crippen LogP contribution in [0.5, 0.6) is 0 Å². The average molecular weight is 233 g/mol. The predicted molar refractivity (Wildman–Crippen MR) is 66.4 cm³/mol. The van der Waals surface area contributed by atoms with E-state index in [1.165, 1.54) is 5.56 Å². The Morgan fingerprint density at radius 2 is 2.24 bits per heavy atom. The summed E-state index contributed by atoms with van der Waals surface area (Å²) >= 11 is 0. The minimum atomic E-state index is 0.209. The number of rotatable bonds is 6. The second-order valence-electron chi connectivity index (χ2n) is 4.57. The van der Waals surface area contributed by atoms with Gasteiger partial charge in [0.1, 0.15) is 0 Å². The highest BCUT2D eigenvalue weighted by molar-refractivity contribution is 5.80. The largest absolute Gasteiger partial charge is 0.355 e. The summed E-state index contributed by atoms with van der Waals surface area (Å²) in [5, 5.41) is 6.18. The summed E-state index contributed by atoms with van der Waals surface area (Å²) in [5.41, 5.74) is 2.20. The molecular weight excluding hydrogens is 214 g/mol. The van der Waals surface area contributed by atoms with Crippen LogP contribution in [-0.2, 0) is 11.3 Å². The van der Waals surface area contributed by atoms with Crippen LogP contribution >= 0.6 is 0 Å². The summed E-state index contributed by atoms with van der Waals surface area (Å²) in [7, 11) is 0. The third-order valence-corrected chi connectivity index (χ3v) is 2.83. The van der Waals surface area contributed by atoms with Gasteiger partial charge >= 0.3 is 0 Å². The molecule has 17 heavy (non-hydrogen) atoms. The van der Waals surface area contributed by atoms with E-state index in [1.807, 2.05) is 19.2 Å². The number of pyridine rings is 1. The average Bonchev–Trinajstić information content (AvgIpc) is 3.15. The number of aryl methyl sites for hydroxylation is 1. The lowest BCUT2D eigenvalue weighted by molar-refractivity contribution is -0.122. The topological polar surface area (TPSA) is 54.0 Å². The number of nitrogens with zero attached hydrogens (tertiary/aromatic N) is 1. The van der Waals surface area contributed by atoms with Gasteiger partial charge in [-0.25, -0.2) is 0 Å². The lowest BCUT2D eigenvalue weighted by atomic mass is 10.3.